The fourth-order valence-corrected chi connectivity index (χ4v) is 3.85. The topological polar surface area (TPSA) is 93.0 Å². The molecule has 0 radical (unpaired) electrons. The Labute approximate surface area is 186 Å². The standard InChI is InChI=1S/C22H26N6O2S/c1-14-9-10-18(11-17(14)4)28-22(24-25-26-28)31-13-20(30)27(5)12-19(29)23-21-15(2)7-6-8-16(21)3/h6-11H,12-13H2,1-5H3,(H,23,29). The third-order valence-corrected chi connectivity index (χ3v) is 5.96. The van der Waals surface area contributed by atoms with Crippen LogP contribution in [0.15, 0.2) is 41.6 Å². The number of carbonyl (C=O) groups excluding carboxylic acids is 2. The van der Waals surface area contributed by atoms with E-state index >= 15 is 0 Å². The molecule has 8 nitrogen and oxygen atoms in total. The van der Waals surface area contributed by atoms with E-state index in [9.17, 15) is 9.59 Å². The number of para-hydroxylation sites is 1. The highest BCUT2D eigenvalue weighted by Crippen LogP contribution is 2.21. The molecule has 3 aromatic rings. The molecule has 0 aliphatic rings. The summed E-state index contributed by atoms with van der Waals surface area (Å²) in [6.07, 6.45) is 0. The Balaban J connectivity index is 1.58. The highest BCUT2D eigenvalue weighted by atomic mass is 32.2. The molecule has 0 spiro atoms. The number of likely N-dealkylation sites (N-methyl/N-ethyl adjacent to an activating group) is 1. The summed E-state index contributed by atoms with van der Waals surface area (Å²) >= 11 is 1.23. The summed E-state index contributed by atoms with van der Waals surface area (Å²) in [4.78, 5) is 26.4. The number of benzene rings is 2. The van der Waals surface area contributed by atoms with Crippen LogP contribution in [0, 0.1) is 27.7 Å². The van der Waals surface area contributed by atoms with Gasteiger partial charge in [0.15, 0.2) is 0 Å². The molecule has 162 valence electrons. The van der Waals surface area contributed by atoms with Gasteiger partial charge in [0.05, 0.1) is 18.0 Å². The van der Waals surface area contributed by atoms with E-state index in [0.717, 1.165) is 28.1 Å². The number of anilines is 1. The van der Waals surface area contributed by atoms with E-state index in [-0.39, 0.29) is 24.1 Å². The van der Waals surface area contributed by atoms with Gasteiger partial charge in [-0.2, -0.15) is 4.68 Å². The minimum Gasteiger partial charge on any atom is -0.336 e. The summed E-state index contributed by atoms with van der Waals surface area (Å²) in [5, 5.41) is 15.2. The van der Waals surface area contributed by atoms with Crippen molar-refractivity contribution in [2.75, 3.05) is 24.7 Å². The van der Waals surface area contributed by atoms with Crippen LogP contribution in [-0.2, 0) is 9.59 Å². The first-order valence-corrected chi connectivity index (χ1v) is 10.8. The first-order valence-electron chi connectivity index (χ1n) is 9.85. The molecule has 0 atom stereocenters. The number of nitrogens with one attached hydrogen (secondary N) is 1. The van der Waals surface area contributed by atoms with Gasteiger partial charge in [0.2, 0.25) is 17.0 Å². The van der Waals surface area contributed by atoms with E-state index in [1.54, 1.807) is 11.7 Å². The summed E-state index contributed by atoms with van der Waals surface area (Å²) in [5.74, 6) is -0.298. The van der Waals surface area contributed by atoms with Gasteiger partial charge >= 0.3 is 0 Å². The van der Waals surface area contributed by atoms with E-state index in [0.29, 0.717) is 5.16 Å². The van der Waals surface area contributed by atoms with Gasteiger partial charge < -0.3 is 10.2 Å². The molecule has 31 heavy (non-hydrogen) atoms. The van der Waals surface area contributed by atoms with Crippen molar-refractivity contribution in [3.05, 3.63) is 58.7 Å². The maximum atomic E-state index is 12.6. The normalized spacial score (nSPS) is 10.7. The monoisotopic (exact) mass is 438 g/mol. The molecule has 0 fully saturated rings. The molecule has 3 rings (SSSR count). The van der Waals surface area contributed by atoms with Crippen molar-refractivity contribution in [3.63, 3.8) is 0 Å². The van der Waals surface area contributed by atoms with Crippen LogP contribution >= 0.6 is 11.8 Å². The third-order valence-electron chi connectivity index (χ3n) is 5.05. The Morgan fingerprint density at radius 1 is 1.03 bits per heavy atom. The Hall–Kier alpha value is -3.20. The van der Waals surface area contributed by atoms with E-state index in [2.05, 4.69) is 20.8 Å². The molecule has 1 heterocycles. The van der Waals surface area contributed by atoms with E-state index in [1.165, 1.54) is 22.2 Å². The minimum atomic E-state index is -0.238. The molecule has 2 amide bonds. The zero-order valence-electron chi connectivity index (χ0n) is 18.3. The number of aromatic nitrogens is 4. The fourth-order valence-electron chi connectivity index (χ4n) is 3.02. The van der Waals surface area contributed by atoms with Gasteiger partial charge in [0.1, 0.15) is 0 Å². The van der Waals surface area contributed by atoms with Crippen molar-refractivity contribution >= 4 is 29.3 Å². The first-order chi connectivity index (χ1) is 14.8. The number of carbonyl (C=O) groups is 2. The number of hydrogen-bond acceptors (Lipinski definition) is 6. The third kappa shape index (κ3) is 5.49. The molecule has 0 unspecified atom stereocenters. The number of tetrazole rings is 1. The second kappa shape index (κ2) is 9.74. The number of aryl methyl sites for hydroxylation is 4. The second-order valence-electron chi connectivity index (χ2n) is 7.50. The molecule has 0 saturated carbocycles. The maximum absolute atomic E-state index is 12.6. The van der Waals surface area contributed by atoms with Crippen molar-refractivity contribution in [2.45, 2.75) is 32.9 Å². The molecule has 9 heteroatoms. The lowest BCUT2D eigenvalue weighted by molar-refractivity contribution is -0.131. The Morgan fingerprint density at radius 3 is 2.42 bits per heavy atom. The molecular formula is C22H26N6O2S. The van der Waals surface area contributed by atoms with Crippen molar-refractivity contribution in [1.82, 2.24) is 25.1 Å². The summed E-state index contributed by atoms with van der Waals surface area (Å²) in [6, 6.07) is 11.8. The van der Waals surface area contributed by atoms with Crippen LogP contribution in [0.1, 0.15) is 22.3 Å². The van der Waals surface area contributed by atoms with E-state index < -0.39 is 0 Å². The minimum absolute atomic E-state index is 0.0325. The van der Waals surface area contributed by atoms with Crippen LogP contribution in [0.5, 0.6) is 0 Å². The summed E-state index contributed by atoms with van der Waals surface area (Å²) in [5.41, 5.74) is 5.91. The number of nitrogens with zero attached hydrogens (tertiary/aromatic N) is 5. The number of hydrogen-bond donors (Lipinski definition) is 1. The smallest absolute Gasteiger partial charge is 0.243 e. The molecule has 1 aromatic heterocycles. The molecule has 0 aliphatic heterocycles. The fraction of sp³-hybridized carbons (Fsp3) is 0.318. The predicted octanol–water partition coefficient (Wildman–Crippen LogP) is 3.09. The van der Waals surface area contributed by atoms with Crippen molar-refractivity contribution in [2.24, 2.45) is 0 Å². The second-order valence-corrected chi connectivity index (χ2v) is 8.44. The Kier molecular flexibility index (Phi) is 7.06. The van der Waals surface area contributed by atoms with Crippen LogP contribution in [-0.4, -0.2) is 56.3 Å². The van der Waals surface area contributed by atoms with Gasteiger partial charge in [0, 0.05) is 12.7 Å². The average molecular weight is 439 g/mol. The molecule has 0 bridgehead atoms. The number of thioether (sulfide) groups is 1. The van der Waals surface area contributed by atoms with Crippen LogP contribution in [0.3, 0.4) is 0 Å². The van der Waals surface area contributed by atoms with Crippen LogP contribution in [0.4, 0.5) is 5.69 Å². The molecule has 0 aliphatic carbocycles. The number of amides is 2. The van der Waals surface area contributed by atoms with Gasteiger partial charge in [-0.05, 0) is 72.5 Å². The van der Waals surface area contributed by atoms with Gasteiger partial charge in [-0.3, -0.25) is 9.59 Å². The van der Waals surface area contributed by atoms with Gasteiger partial charge in [-0.1, -0.05) is 36.0 Å². The summed E-state index contributed by atoms with van der Waals surface area (Å²) in [7, 11) is 1.61. The summed E-state index contributed by atoms with van der Waals surface area (Å²) in [6.45, 7) is 7.91. The highest BCUT2D eigenvalue weighted by molar-refractivity contribution is 7.99. The summed E-state index contributed by atoms with van der Waals surface area (Å²) < 4.78 is 1.61. The largest absolute Gasteiger partial charge is 0.336 e. The van der Waals surface area contributed by atoms with Crippen molar-refractivity contribution in [3.8, 4) is 5.69 Å². The molecule has 2 aromatic carbocycles. The SMILES string of the molecule is Cc1ccc(-n2nnnc2SCC(=O)N(C)CC(=O)Nc2c(C)cccc2C)cc1C. The maximum Gasteiger partial charge on any atom is 0.243 e. The Morgan fingerprint density at radius 2 is 1.74 bits per heavy atom. The molecule has 1 N–H and O–H groups in total. The van der Waals surface area contributed by atoms with Crippen molar-refractivity contribution < 1.29 is 9.59 Å². The van der Waals surface area contributed by atoms with Crippen LogP contribution in [0.25, 0.3) is 5.69 Å². The molecule has 0 saturated heterocycles. The zero-order valence-corrected chi connectivity index (χ0v) is 19.2. The predicted molar refractivity (Wildman–Crippen MR) is 122 cm³/mol. The average Bonchev–Trinajstić information content (AvgIpc) is 3.19. The quantitative estimate of drug-likeness (QED) is 0.570. The lowest BCUT2D eigenvalue weighted by atomic mass is 10.1. The van der Waals surface area contributed by atoms with Crippen LogP contribution < -0.4 is 5.32 Å². The Bertz CT molecular complexity index is 1090. The number of rotatable bonds is 7. The van der Waals surface area contributed by atoms with E-state index in [1.807, 2.05) is 64.1 Å². The van der Waals surface area contributed by atoms with Crippen molar-refractivity contribution in [1.29, 1.82) is 0 Å². The zero-order chi connectivity index (χ0) is 22.5. The van der Waals surface area contributed by atoms with Crippen LogP contribution in [0.2, 0.25) is 0 Å². The van der Waals surface area contributed by atoms with Gasteiger partial charge in [-0.15, -0.1) is 5.10 Å². The van der Waals surface area contributed by atoms with Gasteiger partial charge in [0.25, 0.3) is 0 Å². The lowest BCUT2D eigenvalue weighted by Gasteiger charge is -2.18. The first kappa shape index (κ1) is 22.5. The van der Waals surface area contributed by atoms with Gasteiger partial charge in [-0.25, -0.2) is 0 Å². The molecular weight excluding hydrogens is 412 g/mol. The van der Waals surface area contributed by atoms with E-state index in [4.69, 9.17) is 0 Å². The highest BCUT2D eigenvalue weighted by Gasteiger charge is 2.17. The lowest BCUT2D eigenvalue weighted by Crippen LogP contribution is -2.36.